The number of nitrogens with zero attached hydrogens (tertiary/aromatic N) is 1. The van der Waals surface area contributed by atoms with Crippen molar-refractivity contribution in [3.8, 4) is 5.75 Å². The Morgan fingerprint density at radius 1 is 1.03 bits per heavy atom. The topological polar surface area (TPSA) is 54.9 Å². The molecule has 162 valence electrons. The highest BCUT2D eigenvalue weighted by atomic mass is 19.4. The Morgan fingerprint density at radius 2 is 1.70 bits per heavy atom. The van der Waals surface area contributed by atoms with Crippen LogP contribution in [0.4, 0.5) is 13.2 Å². The molecule has 2 aromatic carbocycles. The first kappa shape index (κ1) is 23.3. The van der Waals surface area contributed by atoms with E-state index in [2.05, 4.69) is 26.9 Å². The molecule has 0 aliphatic heterocycles. The Kier molecular flexibility index (Phi) is 9.21. The minimum Gasteiger partial charge on any atom is -0.489 e. The Hall–Kier alpha value is -3.00. The van der Waals surface area contributed by atoms with E-state index in [1.165, 1.54) is 0 Å². The molecule has 0 atom stereocenters. The van der Waals surface area contributed by atoms with Crippen LogP contribution in [0.2, 0.25) is 0 Å². The molecule has 0 unspecified atom stereocenters. The van der Waals surface area contributed by atoms with Crippen LogP contribution in [0.1, 0.15) is 16.7 Å². The highest BCUT2D eigenvalue weighted by Gasteiger charge is 2.27. The smallest absolute Gasteiger partial charge is 0.411 e. The normalized spacial score (nSPS) is 11.8. The van der Waals surface area contributed by atoms with Gasteiger partial charge < -0.3 is 20.1 Å². The number of nitrogens with one attached hydrogen (secondary N) is 2. The van der Waals surface area contributed by atoms with Crippen LogP contribution in [0.25, 0.3) is 0 Å². The summed E-state index contributed by atoms with van der Waals surface area (Å²) >= 11 is 0. The highest BCUT2D eigenvalue weighted by Crippen LogP contribution is 2.18. The molecule has 5 nitrogen and oxygen atoms in total. The van der Waals surface area contributed by atoms with Crippen LogP contribution >= 0.6 is 0 Å². The average molecular weight is 421 g/mol. The fourth-order valence-corrected chi connectivity index (χ4v) is 2.56. The first-order valence-corrected chi connectivity index (χ1v) is 9.39. The Bertz CT molecular complexity index is 821. The van der Waals surface area contributed by atoms with Crippen molar-refractivity contribution in [1.29, 1.82) is 0 Å². The number of alkyl halides is 3. The predicted molar refractivity (Wildman–Crippen MR) is 111 cm³/mol. The van der Waals surface area contributed by atoms with Gasteiger partial charge >= 0.3 is 6.18 Å². The third-order valence-corrected chi connectivity index (χ3v) is 4.02. The van der Waals surface area contributed by atoms with E-state index in [0.717, 1.165) is 16.9 Å². The van der Waals surface area contributed by atoms with Gasteiger partial charge in [-0.1, -0.05) is 55.1 Å². The highest BCUT2D eigenvalue weighted by molar-refractivity contribution is 5.79. The fraction of sp³-hybridized carbons (Fsp3) is 0.318. The van der Waals surface area contributed by atoms with Gasteiger partial charge in [-0.3, -0.25) is 4.99 Å². The number of aliphatic imine (C=N–C) groups is 1. The van der Waals surface area contributed by atoms with Crippen LogP contribution in [-0.4, -0.2) is 32.4 Å². The van der Waals surface area contributed by atoms with Crippen molar-refractivity contribution in [3.05, 3.63) is 77.9 Å². The van der Waals surface area contributed by atoms with Crippen LogP contribution in [0.5, 0.6) is 5.75 Å². The fourth-order valence-electron chi connectivity index (χ4n) is 2.56. The van der Waals surface area contributed by atoms with Crippen LogP contribution in [0.3, 0.4) is 0 Å². The summed E-state index contributed by atoms with van der Waals surface area (Å²) in [4.78, 5) is 4.20. The standard InChI is InChI=1S/C22H26F3N3O2/c1-3-12-30-20-7-5-4-6-19(20)14-28-21(26-2)27-13-17-8-10-18(11-9-17)15-29-16-22(23,24)25/h3-11H,1,12-16H2,2H3,(H2,26,27,28). The lowest BCUT2D eigenvalue weighted by Gasteiger charge is -2.14. The number of guanidine groups is 1. The molecule has 0 aromatic heterocycles. The predicted octanol–water partition coefficient (Wildman–Crippen LogP) is 4.20. The average Bonchev–Trinajstić information content (AvgIpc) is 2.73. The van der Waals surface area contributed by atoms with Gasteiger partial charge in [0.15, 0.2) is 5.96 Å². The Balaban J connectivity index is 1.81. The van der Waals surface area contributed by atoms with Gasteiger partial charge in [-0.25, -0.2) is 0 Å². The van der Waals surface area contributed by atoms with Crippen molar-refractivity contribution < 1.29 is 22.6 Å². The summed E-state index contributed by atoms with van der Waals surface area (Å²) in [5.74, 6) is 1.40. The molecule has 0 spiro atoms. The van der Waals surface area contributed by atoms with Gasteiger partial charge in [0.25, 0.3) is 0 Å². The molecule has 0 bridgehead atoms. The number of hydrogen-bond donors (Lipinski definition) is 2. The summed E-state index contributed by atoms with van der Waals surface area (Å²) in [6, 6.07) is 14.9. The van der Waals surface area contributed by atoms with E-state index in [1.807, 2.05) is 36.4 Å². The van der Waals surface area contributed by atoms with E-state index in [-0.39, 0.29) is 6.61 Å². The minimum absolute atomic E-state index is 0.0796. The van der Waals surface area contributed by atoms with Gasteiger partial charge in [0.05, 0.1) is 6.61 Å². The maximum atomic E-state index is 12.1. The van der Waals surface area contributed by atoms with E-state index in [4.69, 9.17) is 4.74 Å². The van der Waals surface area contributed by atoms with Crippen molar-refractivity contribution in [2.45, 2.75) is 25.9 Å². The number of benzene rings is 2. The summed E-state index contributed by atoms with van der Waals surface area (Å²) in [6.07, 6.45) is -2.62. The van der Waals surface area contributed by atoms with Crippen LogP contribution in [0, 0.1) is 0 Å². The second-order valence-electron chi connectivity index (χ2n) is 6.41. The molecule has 2 rings (SSSR count). The summed E-state index contributed by atoms with van der Waals surface area (Å²) in [6.45, 7) is 3.80. The van der Waals surface area contributed by atoms with Gasteiger partial charge in [-0.15, -0.1) is 0 Å². The number of halogens is 3. The molecule has 30 heavy (non-hydrogen) atoms. The lowest BCUT2D eigenvalue weighted by atomic mass is 10.1. The number of hydrogen-bond acceptors (Lipinski definition) is 3. The van der Waals surface area contributed by atoms with Crippen LogP contribution < -0.4 is 15.4 Å². The van der Waals surface area contributed by atoms with Gasteiger partial charge in [0.2, 0.25) is 0 Å². The maximum absolute atomic E-state index is 12.1. The van der Waals surface area contributed by atoms with Crippen molar-refractivity contribution >= 4 is 5.96 Å². The van der Waals surface area contributed by atoms with Crippen molar-refractivity contribution in [2.24, 2.45) is 4.99 Å². The number of ether oxygens (including phenoxy) is 2. The number of para-hydroxylation sites is 1. The molecule has 0 radical (unpaired) electrons. The first-order chi connectivity index (χ1) is 14.4. The van der Waals surface area contributed by atoms with E-state index in [1.54, 1.807) is 25.3 Å². The second-order valence-corrected chi connectivity index (χ2v) is 6.41. The zero-order valence-electron chi connectivity index (χ0n) is 16.8. The maximum Gasteiger partial charge on any atom is 0.411 e. The Labute approximate surface area is 174 Å². The molecular formula is C22H26F3N3O2. The molecule has 2 aromatic rings. The summed E-state index contributed by atoms with van der Waals surface area (Å²) in [7, 11) is 1.68. The molecule has 0 aliphatic rings. The summed E-state index contributed by atoms with van der Waals surface area (Å²) < 4.78 is 46.7. The van der Waals surface area contributed by atoms with Gasteiger partial charge in [-0.2, -0.15) is 13.2 Å². The zero-order chi connectivity index (χ0) is 21.8. The quantitative estimate of drug-likeness (QED) is 0.343. The molecule has 8 heteroatoms. The Morgan fingerprint density at radius 3 is 2.37 bits per heavy atom. The van der Waals surface area contributed by atoms with Crippen molar-refractivity contribution in [2.75, 3.05) is 20.3 Å². The zero-order valence-corrected chi connectivity index (χ0v) is 16.8. The molecule has 0 saturated heterocycles. The van der Waals surface area contributed by atoms with Gasteiger partial charge in [0.1, 0.15) is 19.0 Å². The second kappa shape index (κ2) is 11.9. The third kappa shape index (κ3) is 8.57. The van der Waals surface area contributed by atoms with Crippen molar-refractivity contribution in [1.82, 2.24) is 10.6 Å². The van der Waals surface area contributed by atoms with E-state index in [0.29, 0.717) is 31.2 Å². The molecule has 0 aliphatic carbocycles. The monoisotopic (exact) mass is 421 g/mol. The SMILES string of the molecule is C=CCOc1ccccc1CNC(=NC)NCc1ccc(COCC(F)(F)F)cc1. The van der Waals surface area contributed by atoms with E-state index in [9.17, 15) is 13.2 Å². The molecule has 0 fully saturated rings. The van der Waals surface area contributed by atoms with Crippen LogP contribution in [0.15, 0.2) is 66.2 Å². The van der Waals surface area contributed by atoms with Crippen molar-refractivity contribution in [3.63, 3.8) is 0 Å². The van der Waals surface area contributed by atoms with Gasteiger partial charge in [-0.05, 0) is 17.2 Å². The lowest BCUT2D eigenvalue weighted by molar-refractivity contribution is -0.176. The molecule has 2 N–H and O–H groups in total. The first-order valence-electron chi connectivity index (χ1n) is 9.39. The molecule has 0 amide bonds. The summed E-state index contributed by atoms with van der Waals surface area (Å²) in [5.41, 5.74) is 2.64. The molecule has 0 saturated carbocycles. The third-order valence-electron chi connectivity index (χ3n) is 4.02. The largest absolute Gasteiger partial charge is 0.489 e. The molecule has 0 heterocycles. The van der Waals surface area contributed by atoms with Crippen LogP contribution in [-0.2, 0) is 24.4 Å². The minimum atomic E-state index is -4.31. The summed E-state index contributed by atoms with van der Waals surface area (Å²) in [5, 5.41) is 6.44. The van der Waals surface area contributed by atoms with E-state index < -0.39 is 12.8 Å². The van der Waals surface area contributed by atoms with E-state index >= 15 is 0 Å². The lowest BCUT2D eigenvalue weighted by Crippen LogP contribution is -2.36. The number of rotatable bonds is 10. The molecular weight excluding hydrogens is 395 g/mol. The van der Waals surface area contributed by atoms with Gasteiger partial charge in [0, 0.05) is 25.7 Å².